The van der Waals surface area contributed by atoms with Gasteiger partial charge < -0.3 is 25.1 Å². The minimum absolute atomic E-state index is 0.0188. The lowest BCUT2D eigenvalue weighted by Crippen LogP contribution is -2.57. The molecule has 1 aliphatic heterocycles. The van der Waals surface area contributed by atoms with Gasteiger partial charge in [-0.25, -0.2) is 0 Å². The van der Waals surface area contributed by atoms with Crippen LogP contribution in [0.3, 0.4) is 0 Å². The molecule has 1 fully saturated rings. The highest BCUT2D eigenvalue weighted by Gasteiger charge is 2.45. The van der Waals surface area contributed by atoms with Gasteiger partial charge in [-0.15, -0.1) is 0 Å². The lowest BCUT2D eigenvalue weighted by atomic mass is 9.61. The van der Waals surface area contributed by atoms with Crippen molar-refractivity contribution in [2.24, 2.45) is 10.8 Å². The van der Waals surface area contributed by atoms with Gasteiger partial charge in [0.1, 0.15) is 6.29 Å². The highest BCUT2D eigenvalue weighted by atomic mass is 16.5. The molecule has 14 heteroatoms. The van der Waals surface area contributed by atoms with E-state index < -0.39 is 40.7 Å². The molecular formula is C30H55N5O9. The van der Waals surface area contributed by atoms with Crippen molar-refractivity contribution in [3.63, 3.8) is 0 Å². The number of carbonyl (C=O) groups is 6. The molecule has 44 heavy (non-hydrogen) atoms. The van der Waals surface area contributed by atoms with Crippen molar-refractivity contribution < 1.29 is 43.7 Å². The molecule has 0 radical (unpaired) electrons. The summed E-state index contributed by atoms with van der Waals surface area (Å²) in [5, 5.41) is 21.6. The fourth-order valence-electron chi connectivity index (χ4n) is 4.90. The van der Waals surface area contributed by atoms with Gasteiger partial charge in [-0.1, -0.05) is 41.5 Å². The molecule has 1 amide bonds. The molecular weight excluding hydrogens is 574 g/mol. The highest BCUT2D eigenvalue weighted by molar-refractivity contribution is 5.89. The standard InChI is InChI=1S/C28H49N5O9.C2H6/c1-21(35)26(28(4,5)27(2,3)7-16-34)29-22(36)17-30-8-10-31(18-23(37)38)11-12-32(19-24(39)40)13-15-33(14-9-30)20-25(41)42-6;1-2/h16,26H,7-15,17-20H2,1-6H3,(H,29,36)(H,37,38)(H,39,40);1-2H3. The maximum absolute atomic E-state index is 13.3. The zero-order valence-electron chi connectivity index (χ0n) is 27.9. The number of carboxylic acid groups (broad SMARTS) is 2. The van der Waals surface area contributed by atoms with E-state index in [1.165, 1.54) is 14.0 Å². The maximum Gasteiger partial charge on any atom is 0.319 e. The molecule has 0 bridgehead atoms. The maximum atomic E-state index is 13.3. The number of carboxylic acids is 2. The van der Waals surface area contributed by atoms with Crippen LogP contribution in [-0.4, -0.2) is 157 Å². The summed E-state index contributed by atoms with van der Waals surface area (Å²) in [4.78, 5) is 79.3. The summed E-state index contributed by atoms with van der Waals surface area (Å²) < 4.78 is 4.82. The first kappa shape index (κ1) is 41.1. The number of esters is 1. The number of methoxy groups -OCH3 is 1. The van der Waals surface area contributed by atoms with Crippen molar-refractivity contribution in [2.45, 2.75) is 60.9 Å². The average Bonchev–Trinajstić information content (AvgIpc) is 2.93. The van der Waals surface area contributed by atoms with Gasteiger partial charge in [0.05, 0.1) is 39.3 Å². The molecule has 0 aliphatic carbocycles. The molecule has 14 nitrogen and oxygen atoms in total. The number of amides is 1. The van der Waals surface area contributed by atoms with Crippen molar-refractivity contribution in [1.29, 1.82) is 0 Å². The van der Waals surface area contributed by atoms with Crippen molar-refractivity contribution in [3.8, 4) is 0 Å². The van der Waals surface area contributed by atoms with Gasteiger partial charge in [0.15, 0.2) is 5.78 Å². The van der Waals surface area contributed by atoms with Crippen molar-refractivity contribution >= 4 is 35.9 Å². The summed E-state index contributed by atoms with van der Waals surface area (Å²) in [6.07, 6.45) is 1.02. The Morgan fingerprint density at radius 2 is 1.11 bits per heavy atom. The van der Waals surface area contributed by atoms with Crippen LogP contribution in [0.2, 0.25) is 0 Å². The number of rotatable bonds is 14. The quantitative estimate of drug-likeness (QED) is 0.177. The van der Waals surface area contributed by atoms with Gasteiger partial charge in [0, 0.05) is 58.8 Å². The highest BCUT2D eigenvalue weighted by Crippen LogP contribution is 2.43. The van der Waals surface area contributed by atoms with Crippen LogP contribution >= 0.6 is 0 Å². The first-order valence-electron chi connectivity index (χ1n) is 15.2. The Hall–Kier alpha value is -2.94. The van der Waals surface area contributed by atoms with Crippen LogP contribution in [0.4, 0.5) is 0 Å². The second kappa shape index (κ2) is 20.2. The zero-order chi connectivity index (χ0) is 34.1. The molecule has 3 N–H and O–H groups in total. The summed E-state index contributed by atoms with van der Waals surface area (Å²) in [5.74, 6) is -3.11. The normalized spacial score (nSPS) is 17.5. The zero-order valence-corrected chi connectivity index (χ0v) is 27.9. The Bertz CT molecular complexity index is 957. The average molecular weight is 630 g/mol. The smallest absolute Gasteiger partial charge is 0.319 e. The topological polar surface area (TPSA) is 177 Å². The van der Waals surface area contributed by atoms with Crippen molar-refractivity contribution in [2.75, 3.05) is 85.6 Å². The third-order valence-electron chi connectivity index (χ3n) is 8.37. The number of Topliss-reactive ketones (excluding diaryl/α,β-unsaturated/α-hetero) is 1. The van der Waals surface area contributed by atoms with Gasteiger partial charge in [-0.3, -0.25) is 43.6 Å². The number of ketones is 1. The van der Waals surface area contributed by atoms with Gasteiger partial charge in [-0.05, 0) is 17.8 Å². The fourth-order valence-corrected chi connectivity index (χ4v) is 4.90. The molecule has 1 rings (SSSR count). The molecule has 0 aromatic heterocycles. The minimum Gasteiger partial charge on any atom is -0.480 e. The van der Waals surface area contributed by atoms with Gasteiger partial charge in [0.25, 0.3) is 0 Å². The van der Waals surface area contributed by atoms with Crippen LogP contribution in [0.1, 0.15) is 54.9 Å². The summed E-state index contributed by atoms with van der Waals surface area (Å²) in [6.45, 7) is 14.9. The molecule has 0 spiro atoms. The van der Waals surface area contributed by atoms with E-state index in [0.717, 1.165) is 6.29 Å². The third-order valence-corrected chi connectivity index (χ3v) is 8.37. The molecule has 1 heterocycles. The molecule has 1 aliphatic rings. The van der Waals surface area contributed by atoms with E-state index in [9.17, 15) is 39.0 Å². The molecule has 0 saturated carbocycles. The SMILES string of the molecule is CC.COC(=O)CN1CCN(CC(=O)O)CCN(CC(=O)O)CCN(CC(=O)NC(C(C)=O)C(C)(C)C(C)(C)CC=O)CC1. The summed E-state index contributed by atoms with van der Waals surface area (Å²) in [7, 11) is 1.28. The Balaban J connectivity index is 0.00000904. The summed E-state index contributed by atoms with van der Waals surface area (Å²) >= 11 is 0. The van der Waals surface area contributed by atoms with E-state index in [-0.39, 0.29) is 38.4 Å². The number of aldehydes is 1. The minimum atomic E-state index is -1.02. The van der Waals surface area contributed by atoms with E-state index in [2.05, 4.69) is 5.32 Å². The first-order chi connectivity index (χ1) is 20.5. The molecule has 0 aromatic rings. The lowest BCUT2D eigenvalue weighted by Gasteiger charge is -2.45. The van der Waals surface area contributed by atoms with E-state index >= 15 is 0 Å². The number of carbonyl (C=O) groups excluding carboxylic acids is 4. The van der Waals surface area contributed by atoms with Crippen molar-refractivity contribution in [3.05, 3.63) is 0 Å². The van der Waals surface area contributed by atoms with E-state index in [0.29, 0.717) is 52.4 Å². The predicted octanol–water partition coefficient (Wildman–Crippen LogP) is 0.292. The monoisotopic (exact) mass is 629 g/mol. The second-order valence-electron chi connectivity index (χ2n) is 12.1. The molecule has 1 saturated heterocycles. The van der Waals surface area contributed by atoms with E-state index in [1.54, 1.807) is 9.80 Å². The van der Waals surface area contributed by atoms with E-state index in [4.69, 9.17) is 4.74 Å². The van der Waals surface area contributed by atoms with Crippen molar-refractivity contribution in [1.82, 2.24) is 24.9 Å². The van der Waals surface area contributed by atoms with Crippen LogP contribution in [0.15, 0.2) is 0 Å². The van der Waals surface area contributed by atoms with Crippen LogP contribution in [0.5, 0.6) is 0 Å². The van der Waals surface area contributed by atoms with E-state index in [1.807, 2.05) is 51.3 Å². The lowest BCUT2D eigenvalue weighted by molar-refractivity contribution is -0.142. The molecule has 0 aromatic carbocycles. The Morgan fingerprint density at radius 1 is 0.750 bits per heavy atom. The number of aliphatic carboxylic acids is 2. The first-order valence-corrected chi connectivity index (χ1v) is 15.2. The van der Waals surface area contributed by atoms with Gasteiger partial charge in [-0.2, -0.15) is 0 Å². The van der Waals surface area contributed by atoms with Gasteiger partial charge >= 0.3 is 17.9 Å². The Labute approximate surface area is 262 Å². The fraction of sp³-hybridized carbons (Fsp3) is 0.800. The summed E-state index contributed by atoms with van der Waals surface area (Å²) in [6, 6.07) is -0.841. The third kappa shape index (κ3) is 14.7. The Kier molecular flexibility index (Phi) is 18.8. The van der Waals surface area contributed by atoms with Crippen LogP contribution in [0.25, 0.3) is 0 Å². The number of nitrogens with one attached hydrogen (secondary N) is 1. The molecule has 1 atom stereocenters. The van der Waals surface area contributed by atoms with Crippen LogP contribution < -0.4 is 5.32 Å². The van der Waals surface area contributed by atoms with Gasteiger partial charge in [0.2, 0.25) is 5.91 Å². The molecule has 254 valence electrons. The second-order valence-corrected chi connectivity index (χ2v) is 12.1. The summed E-state index contributed by atoms with van der Waals surface area (Å²) in [5.41, 5.74) is -1.32. The largest absolute Gasteiger partial charge is 0.480 e. The molecule has 1 unspecified atom stereocenters. The number of ether oxygens (including phenoxy) is 1. The Morgan fingerprint density at radius 3 is 1.43 bits per heavy atom. The number of hydrogen-bond donors (Lipinski definition) is 3. The van der Waals surface area contributed by atoms with Crippen LogP contribution in [-0.2, 0) is 33.5 Å². The van der Waals surface area contributed by atoms with Crippen LogP contribution in [0, 0.1) is 10.8 Å². The number of hydrogen-bond acceptors (Lipinski definition) is 11. The number of nitrogens with zero attached hydrogens (tertiary/aromatic N) is 4. The predicted molar refractivity (Wildman–Crippen MR) is 165 cm³/mol.